The molecule has 1 N–H and O–H groups in total. The van der Waals surface area contributed by atoms with Crippen LogP contribution in [0.15, 0.2) is 42.7 Å². The van der Waals surface area contributed by atoms with Gasteiger partial charge in [-0.1, -0.05) is 18.2 Å². The predicted molar refractivity (Wildman–Crippen MR) is 114 cm³/mol. The van der Waals surface area contributed by atoms with E-state index in [1.807, 2.05) is 51.1 Å². The Morgan fingerprint density at radius 2 is 1.94 bits per heavy atom. The number of aromatic nitrogens is 5. The molecular weight excluding hydrogens is 396 g/mol. The maximum atomic E-state index is 12.4. The van der Waals surface area contributed by atoms with E-state index in [1.54, 1.807) is 24.3 Å². The number of hydrogen-bond acceptors (Lipinski definition) is 7. The van der Waals surface area contributed by atoms with Gasteiger partial charge in [-0.05, 0) is 56.5 Å². The number of pyridine rings is 1. The van der Waals surface area contributed by atoms with Crippen LogP contribution in [0.3, 0.4) is 0 Å². The molecule has 1 aromatic carbocycles. The van der Waals surface area contributed by atoms with E-state index in [4.69, 9.17) is 9.47 Å². The highest BCUT2D eigenvalue weighted by Gasteiger charge is 2.50. The highest BCUT2D eigenvalue weighted by atomic mass is 16.6. The molecule has 9 nitrogen and oxygen atoms in total. The molecule has 0 bridgehead atoms. The summed E-state index contributed by atoms with van der Waals surface area (Å²) in [6.45, 7) is 5.97. The molecule has 1 aliphatic rings. The van der Waals surface area contributed by atoms with Gasteiger partial charge in [0.15, 0.2) is 0 Å². The quantitative estimate of drug-likeness (QED) is 0.645. The van der Waals surface area contributed by atoms with E-state index in [0.29, 0.717) is 18.2 Å². The summed E-state index contributed by atoms with van der Waals surface area (Å²) in [5.74, 6) is 1.18. The van der Waals surface area contributed by atoms with E-state index in [-0.39, 0.29) is 11.6 Å². The summed E-state index contributed by atoms with van der Waals surface area (Å²) in [5, 5.41) is 14.1. The lowest BCUT2D eigenvalue weighted by Gasteiger charge is -2.30. The number of hydrogen-bond donors (Lipinski definition) is 1. The molecule has 2 heterocycles. The largest absolute Gasteiger partial charge is 0.490 e. The van der Waals surface area contributed by atoms with E-state index in [1.165, 1.54) is 0 Å². The lowest BCUT2D eigenvalue weighted by atomic mass is 10.0. The Hall–Kier alpha value is -3.49. The molecule has 1 amide bonds. The second-order valence-electron chi connectivity index (χ2n) is 8.78. The van der Waals surface area contributed by atoms with Crippen molar-refractivity contribution in [2.45, 2.75) is 44.8 Å². The van der Waals surface area contributed by atoms with Gasteiger partial charge in [-0.25, -0.2) is 4.79 Å². The van der Waals surface area contributed by atoms with Crippen LogP contribution < -0.4 is 4.74 Å². The minimum absolute atomic E-state index is 0.334. The number of tetrazole rings is 1. The van der Waals surface area contributed by atoms with Crippen LogP contribution in [0.5, 0.6) is 5.75 Å². The van der Waals surface area contributed by atoms with Gasteiger partial charge in [0.2, 0.25) is 5.82 Å². The molecule has 9 heteroatoms. The second-order valence-corrected chi connectivity index (χ2v) is 8.78. The predicted octanol–water partition coefficient (Wildman–Crippen LogP) is 3.71. The van der Waals surface area contributed by atoms with E-state index < -0.39 is 5.60 Å². The SMILES string of the molecule is CN(C(=O)OC(C)(C)C)C1(COc2cncc(-c3cccc(-c4nn[nH]n4)c3)c2)CC1. The number of likely N-dealkylation sites (N-methyl/N-ethyl adjacent to an activating group) is 1. The topological polar surface area (TPSA) is 106 Å². The highest BCUT2D eigenvalue weighted by molar-refractivity contribution is 5.70. The molecule has 31 heavy (non-hydrogen) atoms. The van der Waals surface area contributed by atoms with Crippen molar-refractivity contribution in [3.63, 3.8) is 0 Å². The second kappa shape index (κ2) is 7.98. The molecular formula is C22H26N6O3. The van der Waals surface area contributed by atoms with Crippen molar-refractivity contribution in [2.24, 2.45) is 0 Å². The molecule has 2 aromatic heterocycles. The first-order valence-electron chi connectivity index (χ1n) is 10.1. The molecule has 4 rings (SSSR count). The molecule has 1 saturated carbocycles. The fourth-order valence-electron chi connectivity index (χ4n) is 3.24. The minimum Gasteiger partial charge on any atom is -0.490 e. The number of aromatic amines is 1. The zero-order valence-electron chi connectivity index (χ0n) is 18.1. The number of benzene rings is 1. The van der Waals surface area contributed by atoms with Crippen LogP contribution >= 0.6 is 0 Å². The molecule has 0 atom stereocenters. The first-order valence-corrected chi connectivity index (χ1v) is 10.1. The normalized spacial score (nSPS) is 14.7. The Labute approximate surface area is 180 Å². The number of ether oxygens (including phenoxy) is 2. The average molecular weight is 422 g/mol. The number of carbonyl (C=O) groups is 1. The fourth-order valence-corrected chi connectivity index (χ4v) is 3.24. The summed E-state index contributed by atoms with van der Waals surface area (Å²) in [5.41, 5.74) is 1.86. The average Bonchev–Trinajstić information content (AvgIpc) is 3.33. The van der Waals surface area contributed by atoms with Crippen LogP contribution in [0.2, 0.25) is 0 Å². The zero-order valence-corrected chi connectivity index (χ0v) is 18.1. The number of nitrogens with zero attached hydrogens (tertiary/aromatic N) is 5. The van der Waals surface area contributed by atoms with Crippen molar-refractivity contribution < 1.29 is 14.3 Å². The zero-order chi connectivity index (χ0) is 22.1. The smallest absolute Gasteiger partial charge is 0.410 e. The van der Waals surface area contributed by atoms with E-state index in [2.05, 4.69) is 25.6 Å². The van der Waals surface area contributed by atoms with Crippen molar-refractivity contribution in [1.82, 2.24) is 30.5 Å². The molecule has 0 radical (unpaired) electrons. The van der Waals surface area contributed by atoms with E-state index >= 15 is 0 Å². The molecule has 0 aliphatic heterocycles. The van der Waals surface area contributed by atoms with Gasteiger partial charge < -0.3 is 14.4 Å². The molecule has 0 saturated heterocycles. The van der Waals surface area contributed by atoms with Crippen LogP contribution in [0.4, 0.5) is 4.79 Å². The standard InChI is InChI=1S/C22H26N6O3/c1-21(2,3)31-20(29)28(4)22(8-9-22)14-30-18-11-17(12-23-13-18)15-6-5-7-16(10-15)19-24-26-27-25-19/h5-7,10-13H,8-9,14H2,1-4H3,(H,24,25,26,27). The number of H-pyrrole nitrogens is 1. The van der Waals surface area contributed by atoms with Crippen molar-refractivity contribution in [3.8, 4) is 28.3 Å². The van der Waals surface area contributed by atoms with Crippen LogP contribution in [-0.4, -0.2) is 61.4 Å². The Balaban J connectivity index is 1.45. The van der Waals surface area contributed by atoms with Crippen molar-refractivity contribution in [2.75, 3.05) is 13.7 Å². The van der Waals surface area contributed by atoms with Gasteiger partial charge in [-0.3, -0.25) is 4.98 Å². The molecule has 1 fully saturated rings. The summed E-state index contributed by atoms with van der Waals surface area (Å²) in [6, 6.07) is 9.76. The third-order valence-corrected chi connectivity index (χ3v) is 5.23. The molecule has 1 aliphatic carbocycles. The Bertz CT molecular complexity index is 1060. The van der Waals surface area contributed by atoms with Gasteiger partial charge in [0.1, 0.15) is 18.0 Å². The minimum atomic E-state index is -0.531. The molecule has 0 unspecified atom stereocenters. The fraction of sp³-hybridized carbons (Fsp3) is 0.409. The third kappa shape index (κ3) is 4.82. The van der Waals surface area contributed by atoms with Gasteiger partial charge in [-0.15, -0.1) is 10.2 Å². The van der Waals surface area contributed by atoms with Gasteiger partial charge in [0.25, 0.3) is 0 Å². The lowest BCUT2D eigenvalue weighted by molar-refractivity contribution is 0.0139. The van der Waals surface area contributed by atoms with Gasteiger partial charge in [-0.2, -0.15) is 5.21 Å². The summed E-state index contributed by atoms with van der Waals surface area (Å²) in [6.07, 6.45) is 4.88. The summed E-state index contributed by atoms with van der Waals surface area (Å²) < 4.78 is 11.5. The van der Waals surface area contributed by atoms with E-state index in [0.717, 1.165) is 29.5 Å². The highest BCUT2D eigenvalue weighted by Crippen LogP contribution is 2.42. The molecule has 0 spiro atoms. The number of rotatable bonds is 6. The number of carbonyl (C=O) groups excluding carboxylic acids is 1. The van der Waals surface area contributed by atoms with Crippen LogP contribution in [0, 0.1) is 0 Å². The Kier molecular flexibility index (Phi) is 5.34. The number of nitrogens with one attached hydrogen (secondary N) is 1. The van der Waals surface area contributed by atoms with E-state index in [9.17, 15) is 4.79 Å². The summed E-state index contributed by atoms with van der Waals surface area (Å²) in [7, 11) is 1.77. The third-order valence-electron chi connectivity index (χ3n) is 5.23. The summed E-state index contributed by atoms with van der Waals surface area (Å²) >= 11 is 0. The number of amides is 1. The molecule has 3 aromatic rings. The Morgan fingerprint density at radius 1 is 1.16 bits per heavy atom. The van der Waals surface area contributed by atoms with Crippen LogP contribution in [0.25, 0.3) is 22.5 Å². The van der Waals surface area contributed by atoms with Crippen molar-refractivity contribution >= 4 is 6.09 Å². The van der Waals surface area contributed by atoms with Crippen LogP contribution in [-0.2, 0) is 4.74 Å². The maximum Gasteiger partial charge on any atom is 0.410 e. The van der Waals surface area contributed by atoms with Crippen LogP contribution in [0.1, 0.15) is 33.6 Å². The summed E-state index contributed by atoms with van der Waals surface area (Å²) in [4.78, 5) is 18.4. The first-order chi connectivity index (χ1) is 14.8. The monoisotopic (exact) mass is 422 g/mol. The van der Waals surface area contributed by atoms with Gasteiger partial charge >= 0.3 is 6.09 Å². The van der Waals surface area contributed by atoms with Crippen molar-refractivity contribution in [3.05, 3.63) is 42.7 Å². The maximum absolute atomic E-state index is 12.4. The Morgan fingerprint density at radius 3 is 2.61 bits per heavy atom. The van der Waals surface area contributed by atoms with Crippen molar-refractivity contribution in [1.29, 1.82) is 0 Å². The first kappa shape index (κ1) is 20.8. The van der Waals surface area contributed by atoms with Gasteiger partial charge in [0.05, 0.1) is 11.7 Å². The molecule has 162 valence electrons. The van der Waals surface area contributed by atoms with Gasteiger partial charge in [0, 0.05) is 24.4 Å². The lowest BCUT2D eigenvalue weighted by Crippen LogP contribution is -2.45.